The molecule has 0 amide bonds. The molecule has 0 saturated heterocycles. The van der Waals surface area contributed by atoms with Gasteiger partial charge in [-0.25, -0.2) is 0 Å². The summed E-state index contributed by atoms with van der Waals surface area (Å²) in [5, 5.41) is 1.44. The second-order valence-corrected chi connectivity index (χ2v) is 8.86. The van der Waals surface area contributed by atoms with E-state index < -0.39 is 8.07 Å². The van der Waals surface area contributed by atoms with Crippen LogP contribution in [0.1, 0.15) is 6.92 Å². The van der Waals surface area contributed by atoms with Gasteiger partial charge in [0.2, 0.25) is 0 Å². The molecule has 0 bridgehead atoms. The lowest BCUT2D eigenvalue weighted by molar-refractivity contribution is 1.19. The average Bonchev–Trinajstić information content (AvgIpc) is 2.18. The molecule has 68 valence electrons. The van der Waals surface area contributed by atoms with Gasteiger partial charge in [-0.05, 0) is 0 Å². The SMILES string of the molecule is C#CC(C)[Si](C)(C)c1ccccc1. The zero-order valence-corrected chi connectivity index (χ0v) is 9.54. The summed E-state index contributed by atoms with van der Waals surface area (Å²) in [5.41, 5.74) is 0.398. The van der Waals surface area contributed by atoms with E-state index in [4.69, 9.17) is 6.42 Å². The topological polar surface area (TPSA) is 0 Å². The van der Waals surface area contributed by atoms with E-state index in [0.717, 1.165) is 0 Å². The van der Waals surface area contributed by atoms with Crippen LogP contribution in [0.2, 0.25) is 18.6 Å². The van der Waals surface area contributed by atoms with Crippen molar-refractivity contribution < 1.29 is 0 Å². The van der Waals surface area contributed by atoms with Crippen molar-refractivity contribution in [2.45, 2.75) is 25.6 Å². The van der Waals surface area contributed by atoms with Gasteiger partial charge >= 0.3 is 0 Å². The zero-order valence-electron chi connectivity index (χ0n) is 8.54. The van der Waals surface area contributed by atoms with Crippen molar-refractivity contribution in [2.24, 2.45) is 0 Å². The lowest BCUT2D eigenvalue weighted by Gasteiger charge is -2.26. The van der Waals surface area contributed by atoms with Crippen molar-refractivity contribution in [3.05, 3.63) is 30.3 Å². The maximum atomic E-state index is 5.48. The van der Waals surface area contributed by atoms with Gasteiger partial charge in [0.05, 0.1) is 8.07 Å². The molecule has 0 N–H and O–H groups in total. The van der Waals surface area contributed by atoms with Crippen LogP contribution in [0.25, 0.3) is 0 Å². The molecule has 0 aliphatic heterocycles. The van der Waals surface area contributed by atoms with Gasteiger partial charge in [-0.15, -0.1) is 12.3 Å². The molecule has 0 radical (unpaired) electrons. The number of rotatable bonds is 2. The molecule has 0 aromatic heterocycles. The van der Waals surface area contributed by atoms with Gasteiger partial charge in [0.1, 0.15) is 0 Å². The molecule has 0 saturated carbocycles. The Morgan fingerprint density at radius 2 is 1.77 bits per heavy atom. The Kier molecular flexibility index (Phi) is 2.95. The predicted octanol–water partition coefficient (Wildman–Crippen LogP) is 2.63. The van der Waals surface area contributed by atoms with E-state index in [1.54, 1.807) is 0 Å². The monoisotopic (exact) mass is 188 g/mol. The summed E-state index contributed by atoms with van der Waals surface area (Å²) >= 11 is 0. The van der Waals surface area contributed by atoms with Gasteiger partial charge in [-0.3, -0.25) is 0 Å². The van der Waals surface area contributed by atoms with Crippen LogP contribution in [0.5, 0.6) is 0 Å². The molecule has 1 aromatic carbocycles. The van der Waals surface area contributed by atoms with E-state index in [1.807, 2.05) is 0 Å². The van der Waals surface area contributed by atoms with Gasteiger partial charge in [-0.1, -0.05) is 55.5 Å². The molecule has 1 atom stereocenters. The minimum atomic E-state index is -1.42. The minimum Gasteiger partial charge on any atom is -0.120 e. The summed E-state index contributed by atoms with van der Waals surface area (Å²) < 4.78 is 0. The van der Waals surface area contributed by atoms with Crippen LogP contribution < -0.4 is 5.19 Å². The maximum absolute atomic E-state index is 5.48. The normalized spacial score (nSPS) is 13.4. The number of benzene rings is 1. The predicted molar refractivity (Wildman–Crippen MR) is 61.8 cm³/mol. The van der Waals surface area contributed by atoms with Crippen LogP contribution in [0.3, 0.4) is 0 Å². The smallest absolute Gasteiger partial charge is 0.0958 e. The van der Waals surface area contributed by atoms with Crippen molar-refractivity contribution in [1.29, 1.82) is 0 Å². The van der Waals surface area contributed by atoms with Gasteiger partial charge in [0.25, 0.3) is 0 Å². The summed E-state index contributed by atoms with van der Waals surface area (Å²) in [6.07, 6.45) is 5.48. The molecule has 0 nitrogen and oxygen atoms in total. The summed E-state index contributed by atoms with van der Waals surface area (Å²) in [5.74, 6) is 2.87. The first kappa shape index (κ1) is 10.1. The summed E-state index contributed by atoms with van der Waals surface area (Å²) in [4.78, 5) is 0. The third-order valence-electron chi connectivity index (χ3n) is 2.85. The van der Waals surface area contributed by atoms with Crippen LogP contribution in [0.15, 0.2) is 30.3 Å². The van der Waals surface area contributed by atoms with Crippen LogP contribution in [0, 0.1) is 12.3 Å². The molecule has 0 heterocycles. The van der Waals surface area contributed by atoms with Crippen molar-refractivity contribution in [1.82, 2.24) is 0 Å². The first-order valence-corrected chi connectivity index (χ1v) is 7.68. The van der Waals surface area contributed by atoms with Crippen LogP contribution in [-0.2, 0) is 0 Å². The minimum absolute atomic E-state index is 0.398. The fraction of sp³-hybridized carbons (Fsp3) is 0.333. The number of hydrogen-bond donors (Lipinski definition) is 0. The summed E-state index contributed by atoms with van der Waals surface area (Å²) in [7, 11) is -1.42. The molecule has 1 heteroatoms. The van der Waals surface area contributed by atoms with E-state index in [9.17, 15) is 0 Å². The van der Waals surface area contributed by atoms with Gasteiger partial charge in [-0.2, -0.15) is 0 Å². The Morgan fingerprint density at radius 1 is 1.23 bits per heavy atom. The highest BCUT2D eigenvalue weighted by atomic mass is 28.3. The van der Waals surface area contributed by atoms with E-state index in [1.165, 1.54) is 5.19 Å². The molecule has 1 aromatic rings. The van der Waals surface area contributed by atoms with Crippen LogP contribution in [0.4, 0.5) is 0 Å². The maximum Gasteiger partial charge on any atom is 0.0958 e. The van der Waals surface area contributed by atoms with Gasteiger partial charge < -0.3 is 0 Å². The van der Waals surface area contributed by atoms with E-state index in [2.05, 4.69) is 56.3 Å². The quantitative estimate of drug-likeness (QED) is 0.494. The van der Waals surface area contributed by atoms with Gasteiger partial charge in [0.15, 0.2) is 0 Å². The summed E-state index contributed by atoms with van der Waals surface area (Å²) in [6.45, 7) is 6.80. The lowest BCUT2D eigenvalue weighted by atomic mass is 10.4. The van der Waals surface area contributed by atoms with Crippen molar-refractivity contribution in [3.8, 4) is 12.3 Å². The largest absolute Gasteiger partial charge is 0.120 e. The Morgan fingerprint density at radius 3 is 2.23 bits per heavy atom. The first-order chi connectivity index (χ1) is 6.09. The van der Waals surface area contributed by atoms with E-state index in [0.29, 0.717) is 5.54 Å². The number of terminal acetylenes is 1. The molecule has 0 fully saturated rings. The highest BCUT2D eigenvalue weighted by Gasteiger charge is 2.28. The molecule has 0 aliphatic carbocycles. The fourth-order valence-electron chi connectivity index (χ4n) is 1.33. The second kappa shape index (κ2) is 3.80. The van der Waals surface area contributed by atoms with Crippen molar-refractivity contribution in [2.75, 3.05) is 0 Å². The van der Waals surface area contributed by atoms with Gasteiger partial charge in [0, 0.05) is 5.54 Å². The summed E-state index contributed by atoms with van der Waals surface area (Å²) in [6, 6.07) is 10.6. The van der Waals surface area contributed by atoms with E-state index >= 15 is 0 Å². The van der Waals surface area contributed by atoms with E-state index in [-0.39, 0.29) is 0 Å². The first-order valence-electron chi connectivity index (χ1n) is 4.60. The number of hydrogen-bond acceptors (Lipinski definition) is 0. The highest BCUT2D eigenvalue weighted by Crippen LogP contribution is 2.19. The molecular formula is C12H16Si. The van der Waals surface area contributed by atoms with Crippen LogP contribution in [-0.4, -0.2) is 8.07 Å². The van der Waals surface area contributed by atoms with Crippen molar-refractivity contribution >= 4 is 13.3 Å². The molecule has 13 heavy (non-hydrogen) atoms. The Hall–Kier alpha value is -1.00. The molecule has 0 aliphatic rings. The standard InChI is InChI=1S/C12H16Si/c1-5-11(2)13(3,4)12-9-7-6-8-10-12/h1,6-11H,2-4H3. The lowest BCUT2D eigenvalue weighted by Crippen LogP contribution is -2.44. The highest BCUT2D eigenvalue weighted by molar-refractivity contribution is 6.91. The average molecular weight is 188 g/mol. The molecular weight excluding hydrogens is 172 g/mol. The Bertz CT molecular complexity index is 306. The molecule has 0 spiro atoms. The molecule has 1 unspecified atom stereocenters. The van der Waals surface area contributed by atoms with Crippen molar-refractivity contribution in [3.63, 3.8) is 0 Å². The Labute approximate surface area is 82.0 Å². The molecule has 1 rings (SSSR count). The third-order valence-corrected chi connectivity index (χ3v) is 7.00. The fourth-order valence-corrected chi connectivity index (χ4v) is 3.29. The third kappa shape index (κ3) is 2.02. The zero-order chi connectivity index (χ0) is 9.90. The van der Waals surface area contributed by atoms with Crippen LogP contribution >= 0.6 is 0 Å². The Balaban J connectivity index is 3.02. The second-order valence-electron chi connectivity index (χ2n) is 3.98.